The molecule has 0 aliphatic rings. The van der Waals surface area contributed by atoms with Crippen LogP contribution in [-0.4, -0.2) is 14.5 Å². The molecular weight excluding hydrogens is 227 g/mol. The second kappa shape index (κ2) is 3.06. The van der Waals surface area contributed by atoms with E-state index in [-0.39, 0.29) is 0 Å². The van der Waals surface area contributed by atoms with Gasteiger partial charge in [-0.05, 0) is 18.3 Å². The van der Waals surface area contributed by atoms with Crippen LogP contribution in [0, 0.1) is 4.77 Å². The Morgan fingerprint density at radius 3 is 2.73 bits per heavy atom. The fourth-order valence-corrected chi connectivity index (χ4v) is 1.49. The highest BCUT2D eigenvalue weighted by Crippen LogP contribution is 2.28. The third-order valence-corrected chi connectivity index (χ3v) is 2.46. The molecule has 2 aromatic heterocycles. The molecule has 0 aliphatic heterocycles. The summed E-state index contributed by atoms with van der Waals surface area (Å²) in [6, 6.07) is 0.950. The lowest BCUT2D eigenvalue weighted by atomic mass is 10.3. The first-order valence-electron chi connectivity index (χ1n) is 4.01. The summed E-state index contributed by atoms with van der Waals surface area (Å²) >= 11 is 4.89. The number of alkyl halides is 3. The fourth-order valence-electron chi connectivity index (χ4n) is 1.28. The van der Waals surface area contributed by atoms with E-state index < -0.39 is 11.9 Å². The second-order valence-corrected chi connectivity index (χ2v) is 3.46. The predicted octanol–water partition coefficient (Wildman–Crippen LogP) is 2.65. The van der Waals surface area contributed by atoms with Crippen molar-refractivity contribution in [2.24, 2.45) is 7.05 Å². The Labute approximate surface area is 87.6 Å². The Balaban J connectivity index is 2.73. The molecular formula is C8H6F3N3S. The number of hydrogen-bond acceptors (Lipinski definition) is 2. The van der Waals surface area contributed by atoms with Crippen molar-refractivity contribution in [2.45, 2.75) is 6.18 Å². The van der Waals surface area contributed by atoms with Gasteiger partial charge in [-0.15, -0.1) is 0 Å². The van der Waals surface area contributed by atoms with Crippen molar-refractivity contribution in [1.29, 1.82) is 0 Å². The minimum Gasteiger partial charge on any atom is -0.330 e. The summed E-state index contributed by atoms with van der Waals surface area (Å²) < 4.78 is 38.9. The maximum absolute atomic E-state index is 12.3. The number of imidazole rings is 1. The molecule has 0 bridgehead atoms. The van der Waals surface area contributed by atoms with Crippen molar-refractivity contribution < 1.29 is 13.2 Å². The van der Waals surface area contributed by atoms with E-state index in [9.17, 15) is 13.2 Å². The van der Waals surface area contributed by atoms with Gasteiger partial charge in [0.2, 0.25) is 0 Å². The Kier molecular flexibility index (Phi) is 2.07. The largest absolute Gasteiger partial charge is 0.433 e. The summed E-state index contributed by atoms with van der Waals surface area (Å²) in [4.78, 5) is 6.02. The van der Waals surface area contributed by atoms with Crippen LogP contribution in [0.15, 0.2) is 12.3 Å². The monoisotopic (exact) mass is 233 g/mol. The maximum Gasteiger partial charge on any atom is 0.433 e. The Hall–Kier alpha value is -1.37. The average Bonchev–Trinajstić information content (AvgIpc) is 2.41. The smallest absolute Gasteiger partial charge is 0.330 e. The van der Waals surface area contributed by atoms with Crippen LogP contribution in [0.3, 0.4) is 0 Å². The second-order valence-electron chi connectivity index (χ2n) is 3.07. The van der Waals surface area contributed by atoms with Gasteiger partial charge >= 0.3 is 6.18 Å². The molecule has 2 aromatic rings. The fraction of sp³-hybridized carbons (Fsp3) is 0.250. The SMILES string of the molecule is Cn1c(=S)[nH]c2cc(C(F)(F)F)ncc21. The third kappa shape index (κ3) is 1.63. The highest BCUT2D eigenvalue weighted by atomic mass is 32.1. The van der Waals surface area contributed by atoms with Gasteiger partial charge in [-0.3, -0.25) is 0 Å². The van der Waals surface area contributed by atoms with Crippen molar-refractivity contribution in [3.8, 4) is 0 Å². The molecule has 3 nitrogen and oxygen atoms in total. The molecule has 0 fully saturated rings. The molecule has 1 N–H and O–H groups in total. The number of aromatic nitrogens is 3. The molecule has 0 spiro atoms. The first-order chi connectivity index (χ1) is 6.89. The molecule has 0 radical (unpaired) electrons. The number of nitrogens with one attached hydrogen (secondary N) is 1. The van der Waals surface area contributed by atoms with Crippen LogP contribution < -0.4 is 0 Å². The molecule has 0 unspecified atom stereocenters. The molecule has 80 valence electrons. The quantitative estimate of drug-likeness (QED) is 0.710. The van der Waals surface area contributed by atoms with E-state index in [1.165, 1.54) is 0 Å². The molecule has 0 amide bonds. The maximum atomic E-state index is 12.3. The molecule has 0 saturated carbocycles. The number of H-pyrrole nitrogens is 1. The Morgan fingerprint density at radius 2 is 2.13 bits per heavy atom. The van der Waals surface area contributed by atoms with Crippen molar-refractivity contribution in [1.82, 2.24) is 14.5 Å². The third-order valence-electron chi connectivity index (χ3n) is 2.08. The van der Waals surface area contributed by atoms with Crippen LogP contribution >= 0.6 is 12.2 Å². The normalized spacial score (nSPS) is 12.3. The van der Waals surface area contributed by atoms with Gasteiger partial charge in [0.05, 0.1) is 17.2 Å². The van der Waals surface area contributed by atoms with Gasteiger partial charge in [0.15, 0.2) is 4.77 Å². The van der Waals surface area contributed by atoms with Gasteiger partial charge in [-0.25, -0.2) is 4.98 Å². The van der Waals surface area contributed by atoms with E-state index in [1.807, 2.05) is 0 Å². The van der Waals surface area contributed by atoms with Gasteiger partial charge in [0.25, 0.3) is 0 Å². The van der Waals surface area contributed by atoms with Gasteiger partial charge in [-0.2, -0.15) is 13.2 Å². The molecule has 0 atom stereocenters. The highest BCUT2D eigenvalue weighted by molar-refractivity contribution is 7.71. The van der Waals surface area contributed by atoms with E-state index in [0.717, 1.165) is 12.3 Å². The van der Waals surface area contributed by atoms with Crippen LogP contribution in [0.1, 0.15) is 5.69 Å². The first kappa shape index (κ1) is 10.2. The van der Waals surface area contributed by atoms with E-state index in [0.29, 0.717) is 15.8 Å². The van der Waals surface area contributed by atoms with Crippen molar-refractivity contribution in [2.75, 3.05) is 0 Å². The van der Waals surface area contributed by atoms with Gasteiger partial charge in [-0.1, -0.05) is 0 Å². The van der Waals surface area contributed by atoms with Crippen LogP contribution in [0.4, 0.5) is 13.2 Å². The Bertz CT molecular complexity index is 566. The van der Waals surface area contributed by atoms with E-state index in [4.69, 9.17) is 12.2 Å². The zero-order valence-electron chi connectivity index (χ0n) is 7.59. The molecule has 0 saturated heterocycles. The molecule has 2 heterocycles. The van der Waals surface area contributed by atoms with Crippen molar-refractivity contribution >= 4 is 23.3 Å². The van der Waals surface area contributed by atoms with Gasteiger partial charge in [0.1, 0.15) is 5.69 Å². The first-order valence-corrected chi connectivity index (χ1v) is 4.42. The summed E-state index contributed by atoms with van der Waals surface area (Å²) in [5.74, 6) is 0. The summed E-state index contributed by atoms with van der Waals surface area (Å²) in [5, 5.41) is 0. The number of hydrogen-bond donors (Lipinski definition) is 1. The van der Waals surface area contributed by atoms with Crippen molar-refractivity contribution in [3.63, 3.8) is 0 Å². The number of fused-ring (bicyclic) bond motifs is 1. The number of pyridine rings is 1. The Morgan fingerprint density at radius 1 is 1.47 bits per heavy atom. The highest BCUT2D eigenvalue weighted by Gasteiger charge is 2.32. The standard InChI is InChI=1S/C8H6F3N3S/c1-14-5-3-12-6(8(9,10)11)2-4(5)13-7(14)15/h2-3H,1H3,(H,13,15). The van der Waals surface area contributed by atoms with Crippen LogP contribution in [0.5, 0.6) is 0 Å². The van der Waals surface area contributed by atoms with Crippen LogP contribution in [-0.2, 0) is 13.2 Å². The van der Waals surface area contributed by atoms with Crippen LogP contribution in [0.25, 0.3) is 11.0 Å². The topological polar surface area (TPSA) is 33.6 Å². The zero-order valence-corrected chi connectivity index (χ0v) is 8.41. The van der Waals surface area contributed by atoms with Crippen LogP contribution in [0.2, 0.25) is 0 Å². The summed E-state index contributed by atoms with van der Waals surface area (Å²) in [6.45, 7) is 0. The predicted molar refractivity (Wildman–Crippen MR) is 50.9 cm³/mol. The van der Waals surface area contributed by atoms with Gasteiger partial charge in [0, 0.05) is 7.05 Å². The molecule has 15 heavy (non-hydrogen) atoms. The van der Waals surface area contributed by atoms with Crippen molar-refractivity contribution in [3.05, 3.63) is 22.7 Å². The lowest BCUT2D eigenvalue weighted by Crippen LogP contribution is -2.07. The number of rotatable bonds is 0. The lowest BCUT2D eigenvalue weighted by molar-refractivity contribution is -0.141. The van der Waals surface area contributed by atoms with E-state index in [2.05, 4.69) is 9.97 Å². The minimum atomic E-state index is -4.43. The summed E-state index contributed by atoms with van der Waals surface area (Å²) in [5.41, 5.74) is -0.0373. The van der Waals surface area contributed by atoms with E-state index in [1.54, 1.807) is 11.6 Å². The number of aryl methyl sites for hydroxylation is 1. The number of aromatic amines is 1. The zero-order chi connectivity index (χ0) is 11.2. The van der Waals surface area contributed by atoms with Gasteiger partial charge < -0.3 is 9.55 Å². The summed E-state index contributed by atoms with van der Waals surface area (Å²) in [7, 11) is 1.66. The summed E-state index contributed by atoms with van der Waals surface area (Å²) in [6.07, 6.45) is -3.27. The molecule has 0 aliphatic carbocycles. The lowest BCUT2D eigenvalue weighted by Gasteiger charge is -2.04. The molecule has 2 rings (SSSR count). The number of halogens is 3. The van der Waals surface area contributed by atoms with E-state index >= 15 is 0 Å². The average molecular weight is 233 g/mol. The number of nitrogens with zero attached hydrogens (tertiary/aromatic N) is 2. The molecule has 7 heteroatoms. The minimum absolute atomic E-state index is 0.338. The molecule has 0 aromatic carbocycles.